The van der Waals surface area contributed by atoms with Crippen molar-refractivity contribution in [2.24, 2.45) is 5.92 Å². The predicted molar refractivity (Wildman–Crippen MR) is 94.1 cm³/mol. The Morgan fingerprint density at radius 1 is 1.26 bits per heavy atom. The standard InChI is InChI=1S/C18H20ClNO2S/c1-12-10-23-11-16(12)18(22)20-8-6-14(7-9-20)17(21)13-2-4-15(19)5-3-13/h2-5,10-11,14,17,21H,6-9H2,1H3. The summed E-state index contributed by atoms with van der Waals surface area (Å²) in [4.78, 5) is 14.4. The number of hydrogen-bond donors (Lipinski definition) is 1. The van der Waals surface area contributed by atoms with Gasteiger partial charge in [-0.3, -0.25) is 4.79 Å². The van der Waals surface area contributed by atoms with Crippen molar-refractivity contribution in [3.63, 3.8) is 0 Å². The van der Waals surface area contributed by atoms with Crippen molar-refractivity contribution in [3.8, 4) is 0 Å². The van der Waals surface area contributed by atoms with Crippen LogP contribution in [0.15, 0.2) is 35.0 Å². The molecule has 1 aromatic carbocycles. The number of aryl methyl sites for hydroxylation is 1. The van der Waals surface area contributed by atoms with E-state index in [1.807, 2.05) is 34.7 Å². The van der Waals surface area contributed by atoms with Gasteiger partial charge in [0, 0.05) is 23.5 Å². The molecular weight excluding hydrogens is 330 g/mol. The van der Waals surface area contributed by atoms with Crippen molar-refractivity contribution < 1.29 is 9.90 Å². The molecular formula is C18H20ClNO2S. The molecule has 0 radical (unpaired) electrons. The summed E-state index contributed by atoms with van der Waals surface area (Å²) >= 11 is 7.46. The highest BCUT2D eigenvalue weighted by Crippen LogP contribution is 2.32. The zero-order chi connectivity index (χ0) is 16.4. The molecule has 3 rings (SSSR count). The number of halogens is 1. The molecule has 1 N–H and O–H groups in total. The largest absolute Gasteiger partial charge is 0.388 e. The first-order valence-electron chi connectivity index (χ1n) is 7.82. The fourth-order valence-corrected chi connectivity index (χ4v) is 4.05. The predicted octanol–water partition coefficient (Wildman–Crippen LogP) is 4.30. The number of amides is 1. The lowest BCUT2D eigenvalue weighted by Crippen LogP contribution is -2.39. The maximum absolute atomic E-state index is 12.5. The molecule has 1 fully saturated rings. The fourth-order valence-electron chi connectivity index (χ4n) is 3.10. The van der Waals surface area contributed by atoms with Gasteiger partial charge < -0.3 is 10.0 Å². The number of aliphatic hydroxyl groups is 1. The Kier molecular flexibility index (Phi) is 5.05. The van der Waals surface area contributed by atoms with E-state index in [1.165, 1.54) is 0 Å². The van der Waals surface area contributed by atoms with Crippen molar-refractivity contribution in [1.29, 1.82) is 0 Å². The van der Waals surface area contributed by atoms with Gasteiger partial charge in [0.25, 0.3) is 5.91 Å². The molecule has 1 aliphatic rings. The van der Waals surface area contributed by atoms with Gasteiger partial charge in [-0.25, -0.2) is 0 Å². The van der Waals surface area contributed by atoms with Crippen molar-refractivity contribution in [1.82, 2.24) is 4.90 Å². The first kappa shape index (κ1) is 16.5. The second-order valence-electron chi connectivity index (χ2n) is 6.09. The van der Waals surface area contributed by atoms with Crippen LogP contribution in [-0.4, -0.2) is 29.0 Å². The lowest BCUT2D eigenvalue weighted by molar-refractivity contribution is 0.0462. The Balaban J connectivity index is 1.61. The summed E-state index contributed by atoms with van der Waals surface area (Å²) in [6, 6.07) is 7.36. The van der Waals surface area contributed by atoms with Gasteiger partial charge in [0.2, 0.25) is 0 Å². The first-order chi connectivity index (χ1) is 11.1. The lowest BCUT2D eigenvalue weighted by atomic mass is 9.87. The zero-order valence-corrected chi connectivity index (χ0v) is 14.6. The molecule has 1 saturated heterocycles. The average Bonchev–Trinajstić information content (AvgIpc) is 3.00. The Morgan fingerprint density at radius 3 is 2.48 bits per heavy atom. The van der Waals surface area contributed by atoms with Gasteiger partial charge in [0.15, 0.2) is 0 Å². The van der Waals surface area contributed by atoms with Gasteiger partial charge in [-0.05, 0) is 54.3 Å². The molecule has 0 spiro atoms. The Labute approximate surface area is 145 Å². The van der Waals surface area contributed by atoms with Crippen LogP contribution in [0.3, 0.4) is 0 Å². The van der Waals surface area contributed by atoms with Crippen molar-refractivity contribution in [2.45, 2.75) is 25.9 Å². The number of benzene rings is 1. The third kappa shape index (κ3) is 3.60. The van der Waals surface area contributed by atoms with Crippen molar-refractivity contribution >= 4 is 28.8 Å². The molecule has 1 aromatic heterocycles. The third-order valence-corrected chi connectivity index (χ3v) is 5.68. The molecule has 0 aliphatic carbocycles. The molecule has 1 aliphatic heterocycles. The summed E-state index contributed by atoms with van der Waals surface area (Å²) in [5.74, 6) is 0.298. The van der Waals surface area contributed by atoms with E-state index < -0.39 is 6.10 Å². The van der Waals surface area contributed by atoms with Gasteiger partial charge in [0.05, 0.1) is 11.7 Å². The second-order valence-corrected chi connectivity index (χ2v) is 7.27. The molecule has 122 valence electrons. The van der Waals surface area contributed by atoms with Crippen LogP contribution in [0, 0.1) is 12.8 Å². The number of aliphatic hydroxyl groups excluding tert-OH is 1. The maximum Gasteiger partial charge on any atom is 0.254 e. The normalized spacial score (nSPS) is 17.3. The smallest absolute Gasteiger partial charge is 0.254 e. The van der Waals surface area contributed by atoms with Crippen LogP contribution in [0.4, 0.5) is 0 Å². The Hall–Kier alpha value is -1.36. The zero-order valence-electron chi connectivity index (χ0n) is 13.0. The molecule has 3 nitrogen and oxygen atoms in total. The van der Waals surface area contributed by atoms with E-state index in [2.05, 4.69) is 0 Å². The van der Waals surface area contributed by atoms with Gasteiger partial charge in [-0.1, -0.05) is 23.7 Å². The van der Waals surface area contributed by atoms with E-state index in [-0.39, 0.29) is 11.8 Å². The lowest BCUT2D eigenvalue weighted by Gasteiger charge is -2.34. The highest BCUT2D eigenvalue weighted by atomic mass is 35.5. The summed E-state index contributed by atoms with van der Waals surface area (Å²) in [6.07, 6.45) is 1.14. The number of piperidine rings is 1. The SMILES string of the molecule is Cc1cscc1C(=O)N1CCC(C(O)c2ccc(Cl)cc2)CC1. The van der Waals surface area contributed by atoms with Gasteiger partial charge >= 0.3 is 0 Å². The summed E-state index contributed by atoms with van der Waals surface area (Å²) in [5.41, 5.74) is 2.75. The van der Waals surface area contributed by atoms with Crippen LogP contribution in [0.2, 0.25) is 5.02 Å². The number of nitrogens with zero attached hydrogens (tertiary/aromatic N) is 1. The molecule has 5 heteroatoms. The topological polar surface area (TPSA) is 40.5 Å². The van der Waals surface area contributed by atoms with Gasteiger partial charge in [-0.15, -0.1) is 0 Å². The number of rotatable bonds is 3. The highest BCUT2D eigenvalue weighted by Gasteiger charge is 2.29. The molecule has 2 heterocycles. The van der Waals surface area contributed by atoms with E-state index in [1.54, 1.807) is 23.5 Å². The number of likely N-dealkylation sites (tertiary alicyclic amines) is 1. The maximum atomic E-state index is 12.5. The average molecular weight is 350 g/mol. The summed E-state index contributed by atoms with van der Waals surface area (Å²) in [7, 11) is 0. The van der Waals surface area contributed by atoms with E-state index in [9.17, 15) is 9.90 Å². The van der Waals surface area contributed by atoms with Crippen LogP contribution in [0.25, 0.3) is 0 Å². The molecule has 23 heavy (non-hydrogen) atoms. The summed E-state index contributed by atoms with van der Waals surface area (Å²) < 4.78 is 0. The summed E-state index contributed by atoms with van der Waals surface area (Å²) in [6.45, 7) is 3.37. The minimum absolute atomic E-state index is 0.114. The van der Waals surface area contributed by atoms with Crippen LogP contribution in [-0.2, 0) is 0 Å². The Bertz CT molecular complexity index is 675. The number of thiophene rings is 1. The van der Waals surface area contributed by atoms with Crippen LogP contribution < -0.4 is 0 Å². The highest BCUT2D eigenvalue weighted by molar-refractivity contribution is 7.08. The molecule has 1 atom stereocenters. The molecule has 2 aromatic rings. The third-order valence-electron chi connectivity index (χ3n) is 4.57. The number of hydrogen-bond acceptors (Lipinski definition) is 3. The van der Waals surface area contributed by atoms with Crippen LogP contribution in [0.5, 0.6) is 0 Å². The Morgan fingerprint density at radius 2 is 1.91 bits per heavy atom. The van der Waals surface area contributed by atoms with Gasteiger partial charge in [-0.2, -0.15) is 11.3 Å². The van der Waals surface area contributed by atoms with Crippen molar-refractivity contribution in [2.75, 3.05) is 13.1 Å². The van der Waals surface area contributed by atoms with E-state index in [4.69, 9.17) is 11.6 Å². The molecule has 1 amide bonds. The first-order valence-corrected chi connectivity index (χ1v) is 9.14. The minimum atomic E-state index is -0.493. The van der Waals surface area contributed by atoms with Crippen LogP contribution >= 0.6 is 22.9 Å². The summed E-state index contributed by atoms with van der Waals surface area (Å²) in [5, 5.41) is 15.1. The number of carbonyl (C=O) groups excluding carboxylic acids is 1. The minimum Gasteiger partial charge on any atom is -0.388 e. The second kappa shape index (κ2) is 7.04. The quantitative estimate of drug-likeness (QED) is 0.897. The molecule has 1 unspecified atom stereocenters. The molecule has 0 bridgehead atoms. The monoisotopic (exact) mass is 349 g/mol. The van der Waals surface area contributed by atoms with E-state index >= 15 is 0 Å². The number of carbonyl (C=O) groups is 1. The fraction of sp³-hybridized carbons (Fsp3) is 0.389. The van der Waals surface area contributed by atoms with Gasteiger partial charge in [0.1, 0.15) is 0 Å². The van der Waals surface area contributed by atoms with Crippen LogP contribution in [0.1, 0.15) is 40.4 Å². The van der Waals surface area contributed by atoms with E-state index in [0.29, 0.717) is 18.1 Å². The molecule has 0 saturated carbocycles. The van der Waals surface area contributed by atoms with Crippen molar-refractivity contribution in [3.05, 3.63) is 56.7 Å². The van der Waals surface area contributed by atoms with E-state index in [0.717, 1.165) is 29.5 Å².